The maximum atomic E-state index is 13.2. The van der Waals surface area contributed by atoms with Crippen molar-refractivity contribution >= 4 is 33.2 Å². The third-order valence-electron chi connectivity index (χ3n) is 4.81. The molecule has 0 unspecified atom stereocenters. The number of rotatable bonds is 5. The van der Waals surface area contributed by atoms with Crippen LogP contribution in [0.15, 0.2) is 53.4 Å². The van der Waals surface area contributed by atoms with Crippen molar-refractivity contribution in [3.8, 4) is 0 Å². The minimum Gasteiger partial charge on any atom is -0.373 e. The van der Waals surface area contributed by atoms with Gasteiger partial charge in [-0.25, -0.2) is 8.42 Å². The summed E-state index contributed by atoms with van der Waals surface area (Å²) in [5.74, 6) is -0.282. The largest absolute Gasteiger partial charge is 0.373 e. The van der Waals surface area contributed by atoms with E-state index < -0.39 is 10.0 Å². The molecule has 0 aromatic heterocycles. The van der Waals surface area contributed by atoms with Gasteiger partial charge in [0.05, 0.1) is 17.2 Å². The lowest BCUT2D eigenvalue weighted by Gasteiger charge is -2.34. The number of para-hydroxylation sites is 1. The summed E-state index contributed by atoms with van der Waals surface area (Å²) in [4.78, 5) is 14.6. The predicted molar refractivity (Wildman–Crippen MR) is 114 cm³/mol. The highest BCUT2D eigenvalue weighted by molar-refractivity contribution is 7.89. The van der Waals surface area contributed by atoms with Crippen LogP contribution in [0.3, 0.4) is 0 Å². The van der Waals surface area contributed by atoms with Crippen LogP contribution in [-0.4, -0.2) is 50.5 Å². The van der Waals surface area contributed by atoms with Crippen LogP contribution in [0.1, 0.15) is 31.1 Å². The molecule has 0 bridgehead atoms. The van der Waals surface area contributed by atoms with Gasteiger partial charge in [-0.3, -0.25) is 4.79 Å². The third kappa shape index (κ3) is 4.64. The minimum absolute atomic E-state index is 0.0598. The van der Waals surface area contributed by atoms with E-state index in [1.54, 1.807) is 11.0 Å². The monoisotopic (exact) mass is 436 g/mol. The Morgan fingerprint density at radius 1 is 1.14 bits per heavy atom. The van der Waals surface area contributed by atoms with E-state index in [2.05, 4.69) is 0 Å². The molecule has 8 heteroatoms. The average Bonchev–Trinajstić information content (AvgIpc) is 2.68. The molecule has 0 radical (unpaired) electrons. The van der Waals surface area contributed by atoms with Crippen LogP contribution in [0.2, 0.25) is 5.02 Å². The van der Waals surface area contributed by atoms with Gasteiger partial charge in [0, 0.05) is 30.9 Å². The Morgan fingerprint density at radius 3 is 2.34 bits per heavy atom. The van der Waals surface area contributed by atoms with Crippen LogP contribution in [0.25, 0.3) is 0 Å². The number of carbonyl (C=O) groups excluding carboxylic acids is 1. The standard InChI is InChI=1S/C21H25ClN2O4S/c1-4-24(18-8-6-5-7-9-18)21(25)17-10-11-19(22)20(12-17)29(26,27)23-13-15(2)28-16(3)14-23/h5-12,15-16H,4,13-14H2,1-3H3/t15-,16-/m0/s1. The number of nitrogens with zero attached hydrogens (tertiary/aromatic N) is 2. The summed E-state index contributed by atoms with van der Waals surface area (Å²) in [6, 6.07) is 13.6. The molecule has 29 heavy (non-hydrogen) atoms. The lowest BCUT2D eigenvalue weighted by Crippen LogP contribution is -2.48. The second kappa shape index (κ2) is 8.83. The van der Waals surface area contributed by atoms with Crippen molar-refractivity contribution in [2.75, 3.05) is 24.5 Å². The third-order valence-corrected chi connectivity index (χ3v) is 7.12. The van der Waals surface area contributed by atoms with Crippen LogP contribution in [0, 0.1) is 0 Å². The Bertz CT molecular complexity index is 971. The van der Waals surface area contributed by atoms with E-state index in [1.165, 1.54) is 16.4 Å². The van der Waals surface area contributed by atoms with Crippen molar-refractivity contribution in [1.82, 2.24) is 4.31 Å². The Hall–Kier alpha value is -1.93. The van der Waals surface area contributed by atoms with E-state index >= 15 is 0 Å². The van der Waals surface area contributed by atoms with Gasteiger partial charge in [-0.15, -0.1) is 0 Å². The van der Waals surface area contributed by atoms with Crippen LogP contribution in [-0.2, 0) is 14.8 Å². The van der Waals surface area contributed by atoms with Gasteiger partial charge in [-0.05, 0) is 51.1 Å². The molecular weight excluding hydrogens is 412 g/mol. The van der Waals surface area contributed by atoms with Crippen molar-refractivity contribution in [2.24, 2.45) is 0 Å². The predicted octanol–water partition coefficient (Wildman–Crippen LogP) is 3.80. The first-order valence-corrected chi connectivity index (χ1v) is 11.4. The Balaban J connectivity index is 1.96. The van der Waals surface area contributed by atoms with Gasteiger partial charge < -0.3 is 9.64 Å². The van der Waals surface area contributed by atoms with Gasteiger partial charge in [0.1, 0.15) is 4.90 Å². The SMILES string of the molecule is CCN(C(=O)c1ccc(Cl)c(S(=O)(=O)N2C[C@H](C)O[C@@H](C)C2)c1)c1ccccc1. The fourth-order valence-electron chi connectivity index (χ4n) is 3.51. The average molecular weight is 437 g/mol. The van der Waals surface area contributed by atoms with Crippen LogP contribution in [0.5, 0.6) is 0 Å². The topological polar surface area (TPSA) is 66.9 Å². The summed E-state index contributed by atoms with van der Waals surface area (Å²) < 4.78 is 33.5. The Morgan fingerprint density at radius 2 is 1.76 bits per heavy atom. The summed E-state index contributed by atoms with van der Waals surface area (Å²) in [6.07, 6.45) is -0.434. The van der Waals surface area contributed by atoms with Crippen LogP contribution < -0.4 is 4.90 Å². The second-order valence-corrected chi connectivity index (χ2v) is 9.42. The first-order chi connectivity index (χ1) is 13.7. The molecule has 0 spiro atoms. The zero-order valence-corrected chi connectivity index (χ0v) is 18.3. The Kier molecular flexibility index (Phi) is 6.63. The number of morpholine rings is 1. The van der Waals surface area contributed by atoms with Gasteiger partial charge in [0.25, 0.3) is 5.91 Å². The number of hydrogen-bond acceptors (Lipinski definition) is 4. The molecule has 1 aliphatic heterocycles. The number of anilines is 1. The summed E-state index contributed by atoms with van der Waals surface area (Å²) in [5, 5.41) is 0.0936. The molecular formula is C21H25ClN2O4S. The van der Waals surface area contributed by atoms with E-state index in [-0.39, 0.29) is 46.7 Å². The molecule has 2 aromatic carbocycles. The second-order valence-electron chi connectivity index (χ2n) is 7.11. The maximum Gasteiger partial charge on any atom is 0.258 e. The highest BCUT2D eigenvalue weighted by Gasteiger charge is 2.34. The fourth-order valence-corrected chi connectivity index (χ4v) is 5.60. The summed E-state index contributed by atoms with van der Waals surface area (Å²) in [7, 11) is -3.86. The fraction of sp³-hybridized carbons (Fsp3) is 0.381. The van der Waals surface area contributed by atoms with E-state index in [4.69, 9.17) is 16.3 Å². The number of hydrogen-bond donors (Lipinski definition) is 0. The molecule has 1 fully saturated rings. The lowest BCUT2D eigenvalue weighted by molar-refractivity contribution is -0.0440. The van der Waals surface area contributed by atoms with Crippen molar-refractivity contribution < 1.29 is 17.9 Å². The molecule has 3 rings (SSSR count). The lowest BCUT2D eigenvalue weighted by atomic mass is 10.2. The van der Waals surface area contributed by atoms with Gasteiger partial charge in [0.15, 0.2) is 0 Å². The molecule has 6 nitrogen and oxygen atoms in total. The molecule has 0 N–H and O–H groups in total. The van der Waals surface area contributed by atoms with Crippen LogP contribution >= 0.6 is 11.6 Å². The molecule has 1 saturated heterocycles. The van der Waals surface area contributed by atoms with E-state index in [0.717, 1.165) is 5.69 Å². The maximum absolute atomic E-state index is 13.2. The van der Waals surface area contributed by atoms with Gasteiger partial charge in [-0.2, -0.15) is 4.31 Å². The number of halogens is 1. The van der Waals surface area contributed by atoms with Crippen LogP contribution in [0.4, 0.5) is 5.69 Å². The van der Waals surface area contributed by atoms with E-state index in [9.17, 15) is 13.2 Å². The smallest absolute Gasteiger partial charge is 0.258 e. The number of sulfonamides is 1. The highest BCUT2D eigenvalue weighted by Crippen LogP contribution is 2.29. The molecule has 156 valence electrons. The van der Waals surface area contributed by atoms with Crippen molar-refractivity contribution in [3.63, 3.8) is 0 Å². The van der Waals surface area contributed by atoms with Gasteiger partial charge >= 0.3 is 0 Å². The van der Waals surface area contributed by atoms with E-state index in [0.29, 0.717) is 6.54 Å². The molecule has 1 amide bonds. The first kappa shape index (κ1) is 21.8. The van der Waals surface area contributed by atoms with Crippen molar-refractivity contribution in [3.05, 3.63) is 59.1 Å². The normalized spacial score (nSPS) is 20.4. The zero-order valence-electron chi connectivity index (χ0n) is 16.7. The first-order valence-electron chi connectivity index (χ1n) is 9.56. The van der Waals surface area contributed by atoms with Gasteiger partial charge in [0.2, 0.25) is 10.0 Å². The number of ether oxygens (including phenoxy) is 1. The molecule has 1 heterocycles. The number of benzene rings is 2. The summed E-state index contributed by atoms with van der Waals surface area (Å²) in [5.41, 5.74) is 1.02. The highest BCUT2D eigenvalue weighted by atomic mass is 35.5. The summed E-state index contributed by atoms with van der Waals surface area (Å²) >= 11 is 6.25. The van der Waals surface area contributed by atoms with E-state index in [1.807, 2.05) is 51.1 Å². The zero-order chi connectivity index (χ0) is 21.2. The summed E-state index contributed by atoms with van der Waals surface area (Å²) in [6.45, 7) is 6.47. The minimum atomic E-state index is -3.86. The Labute approximate surface area is 177 Å². The number of amides is 1. The molecule has 1 aliphatic rings. The number of carbonyl (C=O) groups is 1. The van der Waals surface area contributed by atoms with Gasteiger partial charge in [-0.1, -0.05) is 29.8 Å². The molecule has 0 saturated carbocycles. The van der Waals surface area contributed by atoms with Crippen molar-refractivity contribution in [1.29, 1.82) is 0 Å². The quantitative estimate of drug-likeness (QED) is 0.714. The van der Waals surface area contributed by atoms with Crippen molar-refractivity contribution in [2.45, 2.75) is 37.9 Å². The molecule has 2 atom stereocenters. The molecule has 2 aromatic rings. The molecule has 0 aliphatic carbocycles.